The van der Waals surface area contributed by atoms with E-state index >= 15 is 0 Å². The molecule has 0 amide bonds. The van der Waals surface area contributed by atoms with Crippen molar-refractivity contribution in [3.05, 3.63) is 81.9 Å². The molecule has 0 fully saturated rings. The van der Waals surface area contributed by atoms with Crippen LogP contribution < -0.4 is 4.74 Å². The maximum atomic E-state index is 14.6. The number of hydrogen-bond donors (Lipinski definition) is 0. The van der Waals surface area contributed by atoms with Crippen molar-refractivity contribution in [1.29, 1.82) is 0 Å². The van der Waals surface area contributed by atoms with Gasteiger partial charge in [0.2, 0.25) is 0 Å². The number of allylic oxidation sites excluding steroid dienone is 4. The van der Waals surface area contributed by atoms with Gasteiger partial charge in [-0.05, 0) is 111 Å². The van der Waals surface area contributed by atoms with Gasteiger partial charge < -0.3 is 4.74 Å². The fourth-order valence-corrected chi connectivity index (χ4v) is 7.29. The van der Waals surface area contributed by atoms with Gasteiger partial charge in [0.05, 0.1) is 6.61 Å². The maximum Gasteiger partial charge on any atom is 0.166 e. The Hall–Kier alpha value is -2.61. The van der Waals surface area contributed by atoms with Crippen LogP contribution >= 0.6 is 0 Å². The molecule has 3 rings (SSSR count). The van der Waals surface area contributed by atoms with Crippen LogP contribution in [0.5, 0.6) is 5.75 Å². The number of benzene rings is 2. The molecule has 236 valence electrons. The second kappa shape index (κ2) is 18.3. The number of carbonyl (C=O) groups is 1. The lowest BCUT2D eigenvalue weighted by atomic mass is 9.78. The van der Waals surface area contributed by atoms with E-state index in [9.17, 15) is 4.79 Å². The first kappa shape index (κ1) is 34.9. The zero-order valence-corrected chi connectivity index (χ0v) is 28.6. The highest BCUT2D eigenvalue weighted by molar-refractivity contribution is 6.23. The number of carbonyl (C=O) groups excluding carboxylic acids is 1. The number of aryl methyl sites for hydroxylation is 2. The van der Waals surface area contributed by atoms with Crippen molar-refractivity contribution in [2.24, 2.45) is 17.8 Å². The smallest absolute Gasteiger partial charge is 0.166 e. The summed E-state index contributed by atoms with van der Waals surface area (Å²) in [5, 5.41) is 0. The van der Waals surface area contributed by atoms with E-state index < -0.39 is 0 Å². The van der Waals surface area contributed by atoms with Gasteiger partial charge >= 0.3 is 0 Å². The molecule has 0 aliphatic carbocycles. The van der Waals surface area contributed by atoms with Crippen LogP contribution in [-0.2, 0) is 11.2 Å². The van der Waals surface area contributed by atoms with Crippen molar-refractivity contribution in [3.8, 4) is 5.75 Å². The number of rotatable bonds is 18. The highest BCUT2D eigenvalue weighted by Crippen LogP contribution is 2.37. The first-order chi connectivity index (χ1) is 20.9. The molecule has 0 aromatic heterocycles. The Kier molecular flexibility index (Phi) is 14.8. The van der Waals surface area contributed by atoms with Gasteiger partial charge in [0.25, 0.3) is 0 Å². The molecular formula is C41H60O2. The van der Waals surface area contributed by atoms with Crippen LogP contribution in [-0.4, -0.2) is 12.4 Å². The van der Waals surface area contributed by atoms with Crippen LogP contribution in [0.1, 0.15) is 134 Å². The summed E-state index contributed by atoms with van der Waals surface area (Å²) in [6.07, 6.45) is 16.9. The Morgan fingerprint density at radius 1 is 0.977 bits per heavy atom. The molecule has 1 aliphatic rings. The minimum absolute atomic E-state index is 0.0870. The molecule has 0 bridgehead atoms. The van der Waals surface area contributed by atoms with Crippen LogP contribution in [0.2, 0.25) is 0 Å². The number of unbranched alkanes of at least 4 members (excludes halogenated alkanes) is 2. The average Bonchev–Trinajstić information content (AvgIpc) is 3.01. The number of fused-ring (bicyclic) bond motifs is 1. The summed E-state index contributed by atoms with van der Waals surface area (Å²) in [6, 6.07) is 15.1. The third-order valence-electron chi connectivity index (χ3n) is 9.69. The normalized spacial score (nSPS) is 16.5. The molecule has 2 unspecified atom stereocenters. The summed E-state index contributed by atoms with van der Waals surface area (Å²) >= 11 is 0. The molecular weight excluding hydrogens is 524 g/mol. The highest BCUT2D eigenvalue weighted by atomic mass is 16.5. The van der Waals surface area contributed by atoms with Gasteiger partial charge in [-0.3, -0.25) is 4.79 Å². The molecule has 43 heavy (non-hydrogen) atoms. The monoisotopic (exact) mass is 584 g/mol. The van der Waals surface area contributed by atoms with E-state index in [0.717, 1.165) is 62.0 Å². The predicted molar refractivity (Wildman–Crippen MR) is 186 cm³/mol. The van der Waals surface area contributed by atoms with Crippen LogP contribution in [0.25, 0.3) is 5.57 Å². The van der Waals surface area contributed by atoms with E-state index in [1.54, 1.807) is 0 Å². The summed E-state index contributed by atoms with van der Waals surface area (Å²) in [4.78, 5) is 14.6. The van der Waals surface area contributed by atoms with E-state index in [1.165, 1.54) is 72.8 Å². The molecule has 0 saturated heterocycles. The lowest BCUT2D eigenvalue weighted by molar-refractivity contribution is -0.118. The van der Waals surface area contributed by atoms with E-state index in [4.69, 9.17) is 4.74 Å². The SMILES string of the molecule is CC=C(CCCCCC1COc2ccc(C)cc2C1)/C(CC)=C(/C(=O)C(CC)CC(CCC)CCC)c1ccccc1C. The van der Waals surface area contributed by atoms with Crippen LogP contribution in [0.3, 0.4) is 0 Å². The Bertz CT molecular complexity index is 1210. The molecule has 0 radical (unpaired) electrons. The number of Topliss-reactive ketones (excluding diaryl/α,β-unsaturated/α-hetero) is 1. The fourth-order valence-electron chi connectivity index (χ4n) is 7.29. The minimum atomic E-state index is 0.0870. The molecule has 0 saturated carbocycles. The number of hydrogen-bond acceptors (Lipinski definition) is 2. The van der Waals surface area contributed by atoms with Crippen molar-refractivity contribution < 1.29 is 9.53 Å². The molecule has 2 aromatic rings. The van der Waals surface area contributed by atoms with Gasteiger partial charge in [0.15, 0.2) is 5.78 Å². The topological polar surface area (TPSA) is 26.3 Å². The zero-order chi connectivity index (χ0) is 31.2. The Balaban J connectivity index is 1.74. The summed E-state index contributed by atoms with van der Waals surface area (Å²) in [7, 11) is 0. The second-order valence-corrected chi connectivity index (χ2v) is 13.1. The van der Waals surface area contributed by atoms with Crippen LogP contribution in [0.15, 0.2) is 59.7 Å². The first-order valence-corrected chi connectivity index (χ1v) is 17.6. The first-order valence-electron chi connectivity index (χ1n) is 17.6. The molecule has 1 aliphatic heterocycles. The third-order valence-corrected chi connectivity index (χ3v) is 9.69. The quantitative estimate of drug-likeness (QED) is 0.0989. The van der Waals surface area contributed by atoms with Crippen LogP contribution in [0.4, 0.5) is 0 Å². The van der Waals surface area contributed by atoms with Gasteiger partial charge in [-0.15, -0.1) is 0 Å². The fraction of sp³-hybridized carbons (Fsp3) is 0.585. The van der Waals surface area contributed by atoms with Crippen molar-refractivity contribution in [1.82, 2.24) is 0 Å². The third kappa shape index (κ3) is 9.95. The Morgan fingerprint density at radius 2 is 1.72 bits per heavy atom. The molecule has 2 heteroatoms. The predicted octanol–water partition coefficient (Wildman–Crippen LogP) is 11.8. The summed E-state index contributed by atoms with van der Waals surface area (Å²) in [6.45, 7) is 16.4. The Morgan fingerprint density at radius 3 is 2.37 bits per heavy atom. The van der Waals surface area contributed by atoms with E-state index in [0.29, 0.717) is 17.6 Å². The van der Waals surface area contributed by atoms with Crippen LogP contribution in [0, 0.1) is 31.6 Å². The van der Waals surface area contributed by atoms with Crippen molar-refractivity contribution in [2.75, 3.05) is 6.61 Å². The minimum Gasteiger partial charge on any atom is -0.493 e. The van der Waals surface area contributed by atoms with Crippen molar-refractivity contribution >= 4 is 11.4 Å². The maximum absolute atomic E-state index is 14.6. The van der Waals surface area contributed by atoms with Crippen molar-refractivity contribution in [3.63, 3.8) is 0 Å². The number of ketones is 1. The zero-order valence-electron chi connectivity index (χ0n) is 28.6. The average molecular weight is 585 g/mol. The molecule has 2 nitrogen and oxygen atoms in total. The van der Waals surface area contributed by atoms with Gasteiger partial charge in [-0.2, -0.15) is 0 Å². The largest absolute Gasteiger partial charge is 0.493 e. The second-order valence-electron chi connectivity index (χ2n) is 13.1. The van der Waals surface area contributed by atoms with Gasteiger partial charge in [0, 0.05) is 11.5 Å². The highest BCUT2D eigenvalue weighted by Gasteiger charge is 2.28. The van der Waals surface area contributed by atoms with E-state index in [1.807, 2.05) is 0 Å². The number of ether oxygens (including phenoxy) is 1. The van der Waals surface area contributed by atoms with Gasteiger partial charge in [-0.1, -0.05) is 114 Å². The van der Waals surface area contributed by atoms with Crippen molar-refractivity contribution in [2.45, 2.75) is 132 Å². The van der Waals surface area contributed by atoms with E-state index in [2.05, 4.69) is 97.0 Å². The summed E-state index contributed by atoms with van der Waals surface area (Å²) in [5.41, 5.74) is 8.67. The lowest BCUT2D eigenvalue weighted by Gasteiger charge is -2.26. The summed E-state index contributed by atoms with van der Waals surface area (Å²) in [5.74, 6) is 2.79. The molecule has 0 spiro atoms. The van der Waals surface area contributed by atoms with Gasteiger partial charge in [-0.25, -0.2) is 0 Å². The molecule has 0 N–H and O–H groups in total. The summed E-state index contributed by atoms with van der Waals surface area (Å²) < 4.78 is 6.08. The molecule has 2 aromatic carbocycles. The Labute approximate surface area is 264 Å². The van der Waals surface area contributed by atoms with Gasteiger partial charge in [0.1, 0.15) is 5.75 Å². The lowest BCUT2D eigenvalue weighted by Crippen LogP contribution is -2.21. The van der Waals surface area contributed by atoms with E-state index in [-0.39, 0.29) is 5.92 Å². The molecule has 1 heterocycles. The standard InChI is InChI=1S/C41H60O2/c1-8-18-32(19-9-2)27-35(11-4)41(42)40(38-23-17-16-20-31(38)7)37(12-5)34(10-3)22-15-13-14-21-33-28-36-26-30(6)24-25-39(36)43-29-33/h10,16-17,20,23-26,32-33,35H,8-9,11-15,18-19,21-22,27-29H2,1-7H3/b34-10?,40-37+. The molecule has 2 atom stereocenters.